The Labute approximate surface area is 111 Å². The van der Waals surface area contributed by atoms with Crippen molar-refractivity contribution < 1.29 is 4.74 Å². The minimum Gasteiger partial charge on any atom is -0.438 e. The molecule has 0 spiro atoms. The number of hydrogen-bond acceptors (Lipinski definition) is 5. The number of anilines is 1. The van der Waals surface area contributed by atoms with Crippen LogP contribution in [0.1, 0.15) is 6.92 Å². The fraction of sp³-hybridized carbons (Fsp3) is 0.231. The maximum atomic E-state index is 5.78. The van der Waals surface area contributed by atoms with Gasteiger partial charge in [-0.05, 0) is 25.3 Å². The summed E-state index contributed by atoms with van der Waals surface area (Å²) in [7, 11) is 0. The lowest BCUT2D eigenvalue weighted by Gasteiger charge is -2.09. The zero-order chi connectivity index (χ0) is 12.8. The Morgan fingerprint density at radius 3 is 2.89 bits per heavy atom. The largest absolute Gasteiger partial charge is 0.438 e. The molecule has 0 atom stereocenters. The fourth-order valence-electron chi connectivity index (χ4n) is 1.49. The highest BCUT2D eigenvalue weighted by atomic mass is 32.2. The van der Waals surface area contributed by atoms with E-state index in [2.05, 4.69) is 15.3 Å². The zero-order valence-corrected chi connectivity index (χ0v) is 11.2. The lowest BCUT2D eigenvalue weighted by atomic mass is 10.3. The molecule has 0 saturated carbocycles. The van der Waals surface area contributed by atoms with E-state index in [1.165, 1.54) is 6.33 Å². The van der Waals surface area contributed by atoms with Crippen molar-refractivity contribution in [3.05, 3.63) is 36.7 Å². The third-order valence-corrected chi connectivity index (χ3v) is 3.06. The molecule has 0 radical (unpaired) electrons. The summed E-state index contributed by atoms with van der Waals surface area (Å²) in [6.07, 6.45) is 3.52. The Morgan fingerprint density at radius 1 is 1.28 bits per heavy atom. The molecule has 94 valence electrons. The molecule has 4 nitrogen and oxygen atoms in total. The van der Waals surface area contributed by atoms with Gasteiger partial charge in [0.15, 0.2) is 0 Å². The third kappa shape index (κ3) is 3.13. The first kappa shape index (κ1) is 12.7. The Bertz CT molecular complexity index is 519. The van der Waals surface area contributed by atoms with Crippen LogP contribution in [-0.4, -0.2) is 22.8 Å². The van der Waals surface area contributed by atoms with Gasteiger partial charge in [0.2, 0.25) is 5.88 Å². The molecule has 1 heterocycles. The number of aromatic nitrogens is 2. The van der Waals surface area contributed by atoms with Crippen LogP contribution in [0.15, 0.2) is 41.6 Å². The Kier molecular flexibility index (Phi) is 4.41. The molecule has 5 heteroatoms. The topological polar surface area (TPSA) is 47.0 Å². The van der Waals surface area contributed by atoms with E-state index in [0.29, 0.717) is 5.88 Å². The van der Waals surface area contributed by atoms with Crippen LogP contribution < -0.4 is 10.1 Å². The molecule has 0 saturated heterocycles. The van der Waals surface area contributed by atoms with E-state index in [1.54, 1.807) is 17.8 Å². The molecule has 2 aromatic rings. The summed E-state index contributed by atoms with van der Waals surface area (Å²) in [5.74, 6) is 2.12. The van der Waals surface area contributed by atoms with E-state index in [0.717, 1.165) is 23.0 Å². The SMILES string of the molecule is CCNc1cc(Oc2ccccc2SC)ncn1. The second-order valence-corrected chi connectivity index (χ2v) is 4.37. The van der Waals surface area contributed by atoms with Crippen LogP contribution in [0.2, 0.25) is 0 Å². The van der Waals surface area contributed by atoms with Crippen molar-refractivity contribution in [2.75, 3.05) is 18.1 Å². The van der Waals surface area contributed by atoms with E-state index in [4.69, 9.17) is 4.74 Å². The van der Waals surface area contributed by atoms with Crippen molar-refractivity contribution in [3.8, 4) is 11.6 Å². The molecule has 0 aliphatic rings. The van der Waals surface area contributed by atoms with Crippen LogP contribution in [0.3, 0.4) is 0 Å². The smallest absolute Gasteiger partial charge is 0.224 e. The highest BCUT2D eigenvalue weighted by Crippen LogP contribution is 2.30. The first-order valence-corrected chi connectivity index (χ1v) is 6.92. The summed E-state index contributed by atoms with van der Waals surface area (Å²) in [5.41, 5.74) is 0. The normalized spacial score (nSPS) is 10.1. The highest BCUT2D eigenvalue weighted by Gasteiger charge is 2.05. The second-order valence-electron chi connectivity index (χ2n) is 3.52. The van der Waals surface area contributed by atoms with Crippen LogP contribution >= 0.6 is 11.8 Å². The molecule has 1 N–H and O–H groups in total. The van der Waals surface area contributed by atoms with Crippen LogP contribution in [-0.2, 0) is 0 Å². The number of benzene rings is 1. The lowest BCUT2D eigenvalue weighted by Crippen LogP contribution is -2.00. The molecular weight excluding hydrogens is 246 g/mol. The van der Waals surface area contributed by atoms with E-state index in [1.807, 2.05) is 37.4 Å². The zero-order valence-electron chi connectivity index (χ0n) is 10.4. The number of nitrogens with one attached hydrogen (secondary N) is 1. The molecule has 0 amide bonds. The first-order valence-electron chi connectivity index (χ1n) is 5.70. The highest BCUT2D eigenvalue weighted by molar-refractivity contribution is 7.98. The fourth-order valence-corrected chi connectivity index (χ4v) is 2.01. The molecule has 1 aromatic carbocycles. The number of ether oxygens (including phenoxy) is 1. The van der Waals surface area contributed by atoms with E-state index in [9.17, 15) is 0 Å². The van der Waals surface area contributed by atoms with Gasteiger partial charge in [0, 0.05) is 17.5 Å². The van der Waals surface area contributed by atoms with Gasteiger partial charge in [0.1, 0.15) is 17.9 Å². The number of thioether (sulfide) groups is 1. The van der Waals surface area contributed by atoms with Crippen molar-refractivity contribution in [1.29, 1.82) is 0 Å². The lowest BCUT2D eigenvalue weighted by molar-refractivity contribution is 0.451. The van der Waals surface area contributed by atoms with Gasteiger partial charge in [-0.1, -0.05) is 12.1 Å². The summed E-state index contributed by atoms with van der Waals surface area (Å²) < 4.78 is 5.78. The Morgan fingerprint density at radius 2 is 2.11 bits per heavy atom. The molecule has 0 fully saturated rings. The predicted molar refractivity (Wildman–Crippen MR) is 74.5 cm³/mol. The third-order valence-electron chi connectivity index (χ3n) is 2.28. The summed E-state index contributed by atoms with van der Waals surface area (Å²) in [6, 6.07) is 9.68. The molecule has 0 bridgehead atoms. The second kappa shape index (κ2) is 6.26. The molecule has 0 aliphatic carbocycles. The van der Waals surface area contributed by atoms with Crippen LogP contribution in [0, 0.1) is 0 Å². The maximum absolute atomic E-state index is 5.78. The number of para-hydroxylation sites is 1. The summed E-state index contributed by atoms with van der Waals surface area (Å²) in [4.78, 5) is 9.30. The van der Waals surface area contributed by atoms with Gasteiger partial charge in [-0.15, -0.1) is 11.8 Å². The van der Waals surface area contributed by atoms with Gasteiger partial charge < -0.3 is 10.1 Å². The molecule has 2 rings (SSSR count). The van der Waals surface area contributed by atoms with Gasteiger partial charge >= 0.3 is 0 Å². The van der Waals surface area contributed by atoms with Crippen LogP contribution in [0.25, 0.3) is 0 Å². The average molecular weight is 261 g/mol. The van der Waals surface area contributed by atoms with Gasteiger partial charge in [-0.2, -0.15) is 0 Å². The van der Waals surface area contributed by atoms with Gasteiger partial charge in [-0.25, -0.2) is 9.97 Å². The molecule has 0 aliphatic heterocycles. The van der Waals surface area contributed by atoms with Crippen molar-refractivity contribution in [1.82, 2.24) is 9.97 Å². The van der Waals surface area contributed by atoms with Gasteiger partial charge in [0.05, 0.1) is 0 Å². The first-order chi connectivity index (χ1) is 8.83. The number of hydrogen-bond donors (Lipinski definition) is 1. The van der Waals surface area contributed by atoms with Crippen molar-refractivity contribution >= 4 is 17.6 Å². The van der Waals surface area contributed by atoms with E-state index < -0.39 is 0 Å². The van der Waals surface area contributed by atoms with Gasteiger partial charge in [0.25, 0.3) is 0 Å². The Balaban J connectivity index is 2.20. The van der Waals surface area contributed by atoms with Crippen molar-refractivity contribution in [2.24, 2.45) is 0 Å². The predicted octanol–water partition coefficient (Wildman–Crippen LogP) is 3.42. The molecule has 18 heavy (non-hydrogen) atoms. The van der Waals surface area contributed by atoms with Crippen molar-refractivity contribution in [3.63, 3.8) is 0 Å². The number of nitrogens with zero attached hydrogens (tertiary/aromatic N) is 2. The minimum atomic E-state index is 0.544. The van der Waals surface area contributed by atoms with Gasteiger partial charge in [-0.3, -0.25) is 0 Å². The molecule has 1 aromatic heterocycles. The van der Waals surface area contributed by atoms with Crippen LogP contribution in [0.4, 0.5) is 5.82 Å². The quantitative estimate of drug-likeness (QED) is 0.836. The number of rotatable bonds is 5. The summed E-state index contributed by atoms with van der Waals surface area (Å²) in [5, 5.41) is 3.13. The molecule has 0 unspecified atom stereocenters. The maximum Gasteiger partial charge on any atom is 0.224 e. The standard InChI is InChI=1S/C13H15N3OS/c1-3-14-12-8-13(16-9-15-12)17-10-6-4-5-7-11(10)18-2/h4-9H,3H2,1-2H3,(H,14,15,16). The van der Waals surface area contributed by atoms with Crippen molar-refractivity contribution in [2.45, 2.75) is 11.8 Å². The van der Waals surface area contributed by atoms with Crippen LogP contribution in [0.5, 0.6) is 11.6 Å². The van der Waals surface area contributed by atoms with E-state index in [-0.39, 0.29) is 0 Å². The summed E-state index contributed by atoms with van der Waals surface area (Å²) in [6.45, 7) is 2.84. The molecular formula is C13H15N3OS. The monoisotopic (exact) mass is 261 g/mol. The average Bonchev–Trinajstić information content (AvgIpc) is 2.40. The summed E-state index contributed by atoms with van der Waals surface area (Å²) >= 11 is 1.65. The minimum absolute atomic E-state index is 0.544. The van der Waals surface area contributed by atoms with E-state index >= 15 is 0 Å². The Hall–Kier alpha value is -1.75.